The number of aliphatic imine (C=N–C) groups is 1. The smallest absolute Gasteiger partial charge is 0.193 e. The zero-order valence-electron chi connectivity index (χ0n) is 15.9. The quantitative estimate of drug-likeness (QED) is 0.622. The van der Waals surface area contributed by atoms with Gasteiger partial charge in [0.1, 0.15) is 0 Å². The predicted molar refractivity (Wildman–Crippen MR) is 112 cm³/mol. The van der Waals surface area contributed by atoms with Gasteiger partial charge in [-0.25, -0.2) is 4.99 Å². The fourth-order valence-corrected chi connectivity index (χ4v) is 4.17. The van der Waals surface area contributed by atoms with Crippen LogP contribution in [0.3, 0.4) is 0 Å². The molecule has 1 aromatic carbocycles. The number of thiophene rings is 1. The van der Waals surface area contributed by atoms with Gasteiger partial charge in [0.15, 0.2) is 5.96 Å². The Morgan fingerprint density at radius 3 is 2.81 bits per heavy atom. The molecule has 0 aliphatic carbocycles. The molecule has 1 aliphatic heterocycles. The van der Waals surface area contributed by atoms with Gasteiger partial charge in [-0.1, -0.05) is 36.4 Å². The number of likely N-dealkylation sites (tertiary alicyclic amines) is 1. The third kappa shape index (κ3) is 5.85. The van der Waals surface area contributed by atoms with Crippen LogP contribution in [0.1, 0.15) is 23.3 Å². The van der Waals surface area contributed by atoms with Gasteiger partial charge in [0.2, 0.25) is 0 Å². The Morgan fingerprint density at radius 2 is 2.08 bits per heavy atom. The molecular weight excluding hydrogens is 340 g/mol. The van der Waals surface area contributed by atoms with E-state index in [1.165, 1.54) is 36.4 Å². The summed E-state index contributed by atoms with van der Waals surface area (Å²) in [5.41, 5.74) is 1.24. The maximum absolute atomic E-state index is 4.78. The summed E-state index contributed by atoms with van der Waals surface area (Å²) in [5, 5.41) is 5.76. The molecule has 4 nitrogen and oxygen atoms in total. The molecule has 1 unspecified atom stereocenters. The monoisotopic (exact) mass is 370 g/mol. The lowest BCUT2D eigenvalue weighted by Gasteiger charge is -2.33. The van der Waals surface area contributed by atoms with E-state index < -0.39 is 0 Å². The Hall–Kier alpha value is -1.85. The van der Waals surface area contributed by atoms with Crippen molar-refractivity contribution in [3.05, 3.63) is 58.3 Å². The van der Waals surface area contributed by atoms with Crippen molar-refractivity contribution in [3.63, 3.8) is 0 Å². The Bertz CT molecular complexity index is 667. The molecule has 0 saturated carbocycles. The SMILES string of the molecule is CN(C)C(=NCc1ccccc1)NCC1CCCN(Cc2cccs2)C1. The summed E-state index contributed by atoms with van der Waals surface area (Å²) in [4.78, 5) is 10.9. The largest absolute Gasteiger partial charge is 0.356 e. The van der Waals surface area contributed by atoms with Crippen molar-refractivity contribution < 1.29 is 0 Å². The van der Waals surface area contributed by atoms with Crippen molar-refractivity contribution in [2.24, 2.45) is 10.9 Å². The molecule has 1 atom stereocenters. The van der Waals surface area contributed by atoms with E-state index >= 15 is 0 Å². The molecule has 1 aromatic heterocycles. The van der Waals surface area contributed by atoms with E-state index in [0.29, 0.717) is 5.92 Å². The van der Waals surface area contributed by atoms with Crippen molar-refractivity contribution in [1.29, 1.82) is 0 Å². The topological polar surface area (TPSA) is 30.9 Å². The van der Waals surface area contributed by atoms with Crippen LogP contribution in [0, 0.1) is 5.92 Å². The summed E-state index contributed by atoms with van der Waals surface area (Å²) in [6.45, 7) is 5.20. The highest BCUT2D eigenvalue weighted by atomic mass is 32.1. The van der Waals surface area contributed by atoms with Crippen LogP contribution in [-0.2, 0) is 13.1 Å². The highest BCUT2D eigenvalue weighted by molar-refractivity contribution is 7.09. The van der Waals surface area contributed by atoms with Crippen molar-refractivity contribution in [1.82, 2.24) is 15.1 Å². The standard InChI is InChI=1S/C21H30N4S/c1-24(2)21(22-14-18-8-4-3-5-9-18)23-15-19-10-6-12-25(16-19)17-20-11-7-13-26-20/h3-5,7-9,11,13,19H,6,10,12,14-17H2,1-2H3,(H,22,23). The van der Waals surface area contributed by atoms with E-state index in [0.717, 1.165) is 25.6 Å². The van der Waals surface area contributed by atoms with Crippen LogP contribution in [0.5, 0.6) is 0 Å². The summed E-state index contributed by atoms with van der Waals surface area (Å²) in [6, 6.07) is 14.8. The molecule has 2 aromatic rings. The minimum atomic E-state index is 0.686. The van der Waals surface area contributed by atoms with Gasteiger partial charge in [-0.05, 0) is 42.3 Å². The summed E-state index contributed by atoms with van der Waals surface area (Å²) in [7, 11) is 4.11. The maximum Gasteiger partial charge on any atom is 0.193 e. The van der Waals surface area contributed by atoms with E-state index in [1.54, 1.807) is 0 Å². The molecule has 2 heterocycles. The van der Waals surface area contributed by atoms with Crippen molar-refractivity contribution in [2.45, 2.75) is 25.9 Å². The van der Waals surface area contributed by atoms with Crippen molar-refractivity contribution >= 4 is 17.3 Å². The van der Waals surface area contributed by atoms with Crippen LogP contribution in [0.15, 0.2) is 52.8 Å². The number of hydrogen-bond donors (Lipinski definition) is 1. The van der Waals surface area contributed by atoms with Crippen LogP contribution in [0.25, 0.3) is 0 Å². The van der Waals surface area contributed by atoms with E-state index in [2.05, 4.69) is 71.0 Å². The number of nitrogens with one attached hydrogen (secondary N) is 1. The van der Waals surface area contributed by atoms with Gasteiger partial charge < -0.3 is 10.2 Å². The normalized spacial score (nSPS) is 18.7. The fraction of sp³-hybridized carbons (Fsp3) is 0.476. The molecule has 0 bridgehead atoms. The van der Waals surface area contributed by atoms with Gasteiger partial charge in [-0.15, -0.1) is 11.3 Å². The number of piperidine rings is 1. The molecule has 5 heteroatoms. The average Bonchev–Trinajstić information content (AvgIpc) is 3.15. The van der Waals surface area contributed by atoms with Crippen LogP contribution in [0.4, 0.5) is 0 Å². The third-order valence-electron chi connectivity index (χ3n) is 4.79. The summed E-state index contributed by atoms with van der Waals surface area (Å²) in [6.07, 6.45) is 2.59. The minimum absolute atomic E-state index is 0.686. The first kappa shape index (κ1) is 18.9. The van der Waals surface area contributed by atoms with Gasteiger partial charge in [0, 0.05) is 38.6 Å². The van der Waals surface area contributed by atoms with Gasteiger partial charge in [-0.3, -0.25) is 4.90 Å². The van der Waals surface area contributed by atoms with E-state index in [-0.39, 0.29) is 0 Å². The molecule has 1 N–H and O–H groups in total. The molecule has 26 heavy (non-hydrogen) atoms. The first-order valence-corrected chi connectivity index (χ1v) is 10.3. The lowest BCUT2D eigenvalue weighted by atomic mass is 9.98. The second-order valence-electron chi connectivity index (χ2n) is 7.22. The Balaban J connectivity index is 1.50. The third-order valence-corrected chi connectivity index (χ3v) is 5.65. The molecule has 0 radical (unpaired) electrons. The van der Waals surface area contributed by atoms with Gasteiger partial charge >= 0.3 is 0 Å². The van der Waals surface area contributed by atoms with Gasteiger partial charge in [-0.2, -0.15) is 0 Å². The second kappa shape index (κ2) is 9.74. The molecule has 1 aliphatic rings. The number of benzene rings is 1. The summed E-state index contributed by atoms with van der Waals surface area (Å²) in [5.74, 6) is 1.66. The molecule has 1 fully saturated rings. The number of hydrogen-bond acceptors (Lipinski definition) is 3. The Kier molecular flexibility index (Phi) is 7.09. The molecule has 3 rings (SSSR count). The lowest BCUT2D eigenvalue weighted by molar-refractivity contribution is 0.169. The zero-order chi connectivity index (χ0) is 18.2. The van der Waals surface area contributed by atoms with Gasteiger partial charge in [0.05, 0.1) is 6.54 Å². The van der Waals surface area contributed by atoms with Crippen LogP contribution >= 0.6 is 11.3 Å². The summed E-state index contributed by atoms with van der Waals surface area (Å²) >= 11 is 1.86. The molecular formula is C21H30N4S. The molecule has 1 saturated heterocycles. The number of nitrogens with zero attached hydrogens (tertiary/aromatic N) is 3. The highest BCUT2D eigenvalue weighted by Crippen LogP contribution is 2.20. The van der Waals surface area contributed by atoms with Crippen molar-refractivity contribution in [3.8, 4) is 0 Å². The first-order chi connectivity index (χ1) is 12.7. The van der Waals surface area contributed by atoms with Crippen LogP contribution < -0.4 is 5.32 Å². The Labute approximate surface area is 161 Å². The van der Waals surface area contributed by atoms with E-state index in [4.69, 9.17) is 4.99 Å². The number of guanidine groups is 1. The lowest BCUT2D eigenvalue weighted by Crippen LogP contribution is -2.43. The van der Waals surface area contributed by atoms with E-state index in [1.807, 2.05) is 17.4 Å². The number of rotatable bonds is 6. The molecule has 0 spiro atoms. The first-order valence-electron chi connectivity index (χ1n) is 9.45. The maximum atomic E-state index is 4.78. The van der Waals surface area contributed by atoms with Crippen LogP contribution in [-0.4, -0.2) is 49.5 Å². The van der Waals surface area contributed by atoms with Crippen molar-refractivity contribution in [2.75, 3.05) is 33.7 Å². The second-order valence-corrected chi connectivity index (χ2v) is 8.26. The van der Waals surface area contributed by atoms with E-state index in [9.17, 15) is 0 Å². The highest BCUT2D eigenvalue weighted by Gasteiger charge is 2.20. The minimum Gasteiger partial charge on any atom is -0.356 e. The fourth-order valence-electron chi connectivity index (χ4n) is 3.43. The Morgan fingerprint density at radius 1 is 1.23 bits per heavy atom. The summed E-state index contributed by atoms with van der Waals surface area (Å²) < 4.78 is 0. The molecule has 0 amide bonds. The van der Waals surface area contributed by atoms with Gasteiger partial charge in [0.25, 0.3) is 0 Å². The molecule has 140 valence electrons. The van der Waals surface area contributed by atoms with Crippen LogP contribution in [0.2, 0.25) is 0 Å². The average molecular weight is 371 g/mol. The predicted octanol–water partition coefficient (Wildman–Crippen LogP) is 3.67. The zero-order valence-corrected chi connectivity index (χ0v) is 16.7.